The van der Waals surface area contributed by atoms with Gasteiger partial charge in [-0.1, -0.05) is 24.6 Å². The first kappa shape index (κ1) is 9.36. The quantitative estimate of drug-likeness (QED) is 0.631. The van der Waals surface area contributed by atoms with E-state index in [1.54, 1.807) is 0 Å². The molecule has 0 bridgehead atoms. The highest BCUT2D eigenvalue weighted by atomic mass is 35.5. The van der Waals surface area contributed by atoms with Crippen molar-refractivity contribution in [2.24, 2.45) is 5.73 Å². The largest absolute Gasteiger partial charge is 0.320 e. The summed E-state index contributed by atoms with van der Waals surface area (Å²) in [5.74, 6) is 0. The molecule has 0 radical (unpaired) electrons. The van der Waals surface area contributed by atoms with Gasteiger partial charge in [0.25, 0.3) is 0 Å². The molecule has 0 aromatic rings. The summed E-state index contributed by atoms with van der Waals surface area (Å²) in [6.45, 7) is 0. The summed E-state index contributed by atoms with van der Waals surface area (Å²) in [6.07, 6.45) is 4.83. The molecule has 0 aromatic carbocycles. The first-order valence-electron chi connectivity index (χ1n) is 3.73. The third-order valence-electron chi connectivity index (χ3n) is 2.57. The molecule has 1 saturated heterocycles. The molecule has 0 aromatic heterocycles. The van der Waals surface area contributed by atoms with Gasteiger partial charge >= 0.3 is 0 Å². The van der Waals surface area contributed by atoms with Gasteiger partial charge in [0, 0.05) is 4.75 Å². The van der Waals surface area contributed by atoms with Crippen LogP contribution in [0.5, 0.6) is 0 Å². The second kappa shape index (κ2) is 2.96. The van der Waals surface area contributed by atoms with Crippen LogP contribution in [0.4, 0.5) is 0 Å². The number of nitrogens with two attached hydrogens (primary N) is 1. The highest BCUT2D eigenvalue weighted by molar-refractivity contribution is 8.17. The summed E-state index contributed by atoms with van der Waals surface area (Å²) in [7, 11) is 0. The molecule has 2 aliphatic rings. The van der Waals surface area contributed by atoms with E-state index in [4.69, 9.17) is 5.73 Å². The zero-order chi connectivity index (χ0) is 7.19. The van der Waals surface area contributed by atoms with Crippen LogP contribution in [0.1, 0.15) is 25.7 Å². The number of carbonyl (C=O) groups is 1. The summed E-state index contributed by atoms with van der Waals surface area (Å²) in [6, 6.07) is -0.139. The van der Waals surface area contributed by atoms with E-state index in [-0.39, 0.29) is 28.3 Å². The molecular formula is C7H12ClNOS. The minimum absolute atomic E-state index is 0. The summed E-state index contributed by atoms with van der Waals surface area (Å²) in [4.78, 5) is 10.8. The lowest BCUT2D eigenvalue weighted by Crippen LogP contribution is -2.57. The molecule has 1 spiro atoms. The fraction of sp³-hybridized carbons (Fsp3) is 0.857. The van der Waals surface area contributed by atoms with Gasteiger partial charge in [0.1, 0.15) is 0 Å². The van der Waals surface area contributed by atoms with E-state index in [9.17, 15) is 4.79 Å². The normalized spacial score (nSPS) is 33.2. The van der Waals surface area contributed by atoms with Crippen LogP contribution in [0.2, 0.25) is 0 Å². The Morgan fingerprint density at radius 2 is 2.00 bits per heavy atom. The smallest absolute Gasteiger partial charge is 0.207 e. The molecular weight excluding hydrogens is 182 g/mol. The van der Waals surface area contributed by atoms with Crippen LogP contribution >= 0.6 is 24.2 Å². The molecule has 1 atom stereocenters. The van der Waals surface area contributed by atoms with E-state index in [1.807, 2.05) is 0 Å². The van der Waals surface area contributed by atoms with Crippen molar-refractivity contribution in [3.05, 3.63) is 0 Å². The van der Waals surface area contributed by atoms with Crippen LogP contribution in [-0.2, 0) is 4.79 Å². The fourth-order valence-electron chi connectivity index (χ4n) is 1.87. The summed E-state index contributed by atoms with van der Waals surface area (Å²) >= 11 is 1.48. The number of thioether (sulfide) groups is 1. The first-order valence-corrected chi connectivity index (χ1v) is 4.55. The topological polar surface area (TPSA) is 43.1 Å². The first-order chi connectivity index (χ1) is 4.75. The zero-order valence-electron chi connectivity index (χ0n) is 6.21. The van der Waals surface area contributed by atoms with Gasteiger partial charge in [-0.2, -0.15) is 0 Å². The number of hydrogen-bond acceptors (Lipinski definition) is 3. The maximum absolute atomic E-state index is 10.8. The number of rotatable bonds is 0. The molecule has 0 amide bonds. The summed E-state index contributed by atoms with van der Waals surface area (Å²) < 4.78 is 0.192. The Morgan fingerprint density at radius 1 is 1.45 bits per heavy atom. The Kier molecular flexibility index (Phi) is 2.52. The molecule has 2 rings (SSSR count). The lowest BCUT2D eigenvalue weighted by molar-refractivity contribution is -0.114. The van der Waals surface area contributed by atoms with Gasteiger partial charge in [0.05, 0.1) is 6.04 Å². The van der Waals surface area contributed by atoms with Crippen molar-refractivity contribution in [2.45, 2.75) is 36.5 Å². The number of hydrogen-bond donors (Lipinski definition) is 1. The van der Waals surface area contributed by atoms with E-state index in [0.717, 1.165) is 12.8 Å². The predicted molar refractivity (Wildman–Crippen MR) is 49.0 cm³/mol. The monoisotopic (exact) mass is 193 g/mol. The predicted octanol–water partition coefficient (Wildman–Crippen LogP) is 1.32. The van der Waals surface area contributed by atoms with E-state index in [2.05, 4.69) is 0 Å². The van der Waals surface area contributed by atoms with E-state index < -0.39 is 0 Å². The van der Waals surface area contributed by atoms with Crippen molar-refractivity contribution in [2.75, 3.05) is 0 Å². The van der Waals surface area contributed by atoms with Crippen molar-refractivity contribution in [3.63, 3.8) is 0 Å². The molecule has 64 valence electrons. The van der Waals surface area contributed by atoms with Crippen molar-refractivity contribution in [1.82, 2.24) is 0 Å². The molecule has 1 saturated carbocycles. The van der Waals surface area contributed by atoms with Crippen LogP contribution < -0.4 is 5.73 Å². The van der Waals surface area contributed by atoms with E-state index in [0.29, 0.717) is 0 Å². The van der Waals surface area contributed by atoms with Crippen LogP contribution in [0.25, 0.3) is 0 Å². The Bertz CT molecular complexity index is 179. The average Bonchev–Trinajstić information content (AvgIpc) is 2.38. The standard InChI is InChI=1S/C7H11NOS.ClH/c8-5-6(9)10-7(5)3-1-2-4-7;/h5H,1-4,8H2;1H. The van der Waals surface area contributed by atoms with Crippen LogP contribution in [0.3, 0.4) is 0 Å². The molecule has 2 N–H and O–H groups in total. The summed E-state index contributed by atoms with van der Waals surface area (Å²) in [5.41, 5.74) is 5.69. The fourth-order valence-corrected chi connectivity index (χ4v) is 3.16. The number of halogens is 1. The van der Waals surface area contributed by atoms with Gasteiger partial charge in [0.15, 0.2) is 0 Å². The Balaban J connectivity index is 0.000000605. The van der Waals surface area contributed by atoms with Gasteiger partial charge < -0.3 is 5.73 Å². The zero-order valence-corrected chi connectivity index (χ0v) is 7.84. The molecule has 1 aliphatic carbocycles. The molecule has 4 heteroatoms. The van der Waals surface area contributed by atoms with E-state index in [1.165, 1.54) is 24.6 Å². The maximum atomic E-state index is 10.8. The third kappa shape index (κ3) is 1.19. The lowest BCUT2D eigenvalue weighted by atomic mass is 9.97. The van der Waals surface area contributed by atoms with Crippen LogP contribution in [-0.4, -0.2) is 15.9 Å². The van der Waals surface area contributed by atoms with Gasteiger partial charge in [-0.25, -0.2) is 0 Å². The molecule has 2 nitrogen and oxygen atoms in total. The highest BCUT2D eigenvalue weighted by Gasteiger charge is 2.53. The minimum atomic E-state index is -0.139. The molecule has 1 aliphatic heterocycles. The van der Waals surface area contributed by atoms with Gasteiger partial charge in [0.2, 0.25) is 5.12 Å². The third-order valence-corrected chi connectivity index (χ3v) is 4.10. The van der Waals surface area contributed by atoms with Gasteiger partial charge in [-0.05, 0) is 12.8 Å². The van der Waals surface area contributed by atoms with Gasteiger partial charge in [-0.3, -0.25) is 4.79 Å². The second-order valence-electron chi connectivity index (χ2n) is 3.17. The van der Waals surface area contributed by atoms with Crippen LogP contribution in [0, 0.1) is 0 Å². The Hall–Kier alpha value is 0.270. The maximum Gasteiger partial charge on any atom is 0.207 e. The molecule has 2 fully saturated rings. The molecule has 1 unspecified atom stereocenters. The Morgan fingerprint density at radius 3 is 2.36 bits per heavy atom. The Labute approximate surface area is 76.7 Å². The number of carbonyl (C=O) groups excluding carboxylic acids is 1. The molecule has 11 heavy (non-hydrogen) atoms. The average molecular weight is 194 g/mol. The van der Waals surface area contributed by atoms with Crippen molar-refractivity contribution >= 4 is 29.3 Å². The van der Waals surface area contributed by atoms with Crippen molar-refractivity contribution < 1.29 is 4.79 Å². The second-order valence-corrected chi connectivity index (χ2v) is 4.59. The SMILES string of the molecule is Cl.NC1C(=O)SC12CCCC2. The highest BCUT2D eigenvalue weighted by Crippen LogP contribution is 2.52. The van der Waals surface area contributed by atoms with Crippen molar-refractivity contribution in [1.29, 1.82) is 0 Å². The van der Waals surface area contributed by atoms with Gasteiger partial charge in [-0.15, -0.1) is 12.4 Å². The van der Waals surface area contributed by atoms with E-state index >= 15 is 0 Å². The summed E-state index contributed by atoms with van der Waals surface area (Å²) in [5, 5.41) is 0.196. The minimum Gasteiger partial charge on any atom is -0.320 e. The van der Waals surface area contributed by atoms with Crippen molar-refractivity contribution in [3.8, 4) is 0 Å². The lowest BCUT2D eigenvalue weighted by Gasteiger charge is -2.41. The van der Waals surface area contributed by atoms with Crippen LogP contribution in [0.15, 0.2) is 0 Å². The molecule has 1 heterocycles.